The molecule has 0 amide bonds. The van der Waals surface area contributed by atoms with Crippen LogP contribution in [-0.2, 0) is 23.9 Å². The van der Waals surface area contributed by atoms with E-state index in [1.165, 1.54) is 0 Å². The second kappa shape index (κ2) is 10.8. The Balaban J connectivity index is 3.90. The van der Waals surface area contributed by atoms with Crippen LogP contribution in [0.5, 0.6) is 0 Å². The standard InChI is InChI=1S/C13H24O7/c1-11(2)12(15)19-7-6-18-9-13(3,10-20-16)8-17-5-4-14/h14,16H,1,4-10H2,2-3H3. The molecule has 0 aliphatic rings. The number of rotatable bonds is 12. The van der Waals surface area contributed by atoms with Gasteiger partial charge < -0.3 is 19.3 Å². The van der Waals surface area contributed by atoms with Gasteiger partial charge in [-0.2, -0.15) is 0 Å². The third kappa shape index (κ3) is 9.00. The topological polar surface area (TPSA) is 94.5 Å². The Morgan fingerprint density at radius 2 is 1.75 bits per heavy atom. The average Bonchev–Trinajstić information content (AvgIpc) is 2.38. The van der Waals surface area contributed by atoms with E-state index in [9.17, 15) is 4.79 Å². The molecule has 0 aliphatic carbocycles. The summed E-state index contributed by atoms with van der Waals surface area (Å²) in [6.07, 6.45) is 0. The van der Waals surface area contributed by atoms with Gasteiger partial charge in [-0.25, -0.2) is 9.68 Å². The lowest BCUT2D eigenvalue weighted by atomic mass is 9.94. The van der Waals surface area contributed by atoms with E-state index in [0.29, 0.717) is 5.57 Å². The Bertz CT molecular complexity index is 292. The van der Waals surface area contributed by atoms with Crippen LogP contribution in [0.3, 0.4) is 0 Å². The Morgan fingerprint density at radius 1 is 1.15 bits per heavy atom. The molecule has 0 rings (SSSR count). The van der Waals surface area contributed by atoms with Crippen LogP contribution in [0.4, 0.5) is 0 Å². The molecule has 7 nitrogen and oxygen atoms in total. The molecule has 0 saturated carbocycles. The van der Waals surface area contributed by atoms with Crippen molar-refractivity contribution in [3.63, 3.8) is 0 Å². The van der Waals surface area contributed by atoms with E-state index in [1.54, 1.807) is 13.8 Å². The average molecular weight is 292 g/mol. The molecule has 7 heteroatoms. The van der Waals surface area contributed by atoms with Gasteiger partial charge in [0.05, 0.1) is 39.6 Å². The number of hydrogen-bond donors (Lipinski definition) is 2. The normalized spacial score (nSPS) is 13.8. The van der Waals surface area contributed by atoms with Crippen LogP contribution < -0.4 is 0 Å². The SMILES string of the molecule is C=C(C)C(=O)OCCOCC(C)(COO)COCCO. The van der Waals surface area contributed by atoms with Crippen molar-refractivity contribution < 1.29 is 34.3 Å². The van der Waals surface area contributed by atoms with Crippen molar-refractivity contribution in [2.75, 3.05) is 46.2 Å². The lowest BCUT2D eigenvalue weighted by Gasteiger charge is -2.27. The van der Waals surface area contributed by atoms with Crippen LogP contribution in [0.15, 0.2) is 12.2 Å². The first kappa shape index (κ1) is 19.0. The minimum absolute atomic E-state index is 0.0317. The zero-order valence-corrected chi connectivity index (χ0v) is 12.1. The van der Waals surface area contributed by atoms with Gasteiger partial charge in [0.2, 0.25) is 0 Å². The molecular weight excluding hydrogens is 268 g/mol. The molecule has 0 aromatic carbocycles. The fourth-order valence-corrected chi connectivity index (χ4v) is 1.30. The predicted octanol–water partition coefficient (Wildman–Crippen LogP) is 0.627. The van der Waals surface area contributed by atoms with E-state index in [0.717, 1.165) is 0 Å². The summed E-state index contributed by atoms with van der Waals surface area (Å²) in [7, 11) is 0. The quantitative estimate of drug-likeness (QED) is 0.179. The summed E-state index contributed by atoms with van der Waals surface area (Å²) in [5.41, 5.74) is -0.219. The van der Waals surface area contributed by atoms with Crippen LogP contribution >= 0.6 is 0 Å². The third-order valence-electron chi connectivity index (χ3n) is 2.36. The van der Waals surface area contributed by atoms with Crippen molar-refractivity contribution in [3.8, 4) is 0 Å². The van der Waals surface area contributed by atoms with E-state index in [-0.39, 0.29) is 46.2 Å². The van der Waals surface area contributed by atoms with Crippen molar-refractivity contribution in [1.82, 2.24) is 0 Å². The first-order chi connectivity index (χ1) is 9.45. The van der Waals surface area contributed by atoms with Gasteiger partial charge in [0.15, 0.2) is 0 Å². The molecule has 0 bridgehead atoms. The van der Waals surface area contributed by atoms with Crippen LogP contribution in [0.1, 0.15) is 13.8 Å². The number of aliphatic hydroxyl groups excluding tert-OH is 1. The molecule has 1 atom stereocenters. The largest absolute Gasteiger partial charge is 0.460 e. The Hall–Kier alpha value is -0.990. The fraction of sp³-hybridized carbons (Fsp3) is 0.769. The van der Waals surface area contributed by atoms with Crippen LogP contribution in [0.2, 0.25) is 0 Å². The number of ether oxygens (including phenoxy) is 3. The molecule has 0 aromatic heterocycles. The maximum Gasteiger partial charge on any atom is 0.333 e. The Morgan fingerprint density at radius 3 is 2.25 bits per heavy atom. The first-order valence-corrected chi connectivity index (χ1v) is 6.30. The van der Waals surface area contributed by atoms with Gasteiger partial charge in [0, 0.05) is 11.0 Å². The predicted molar refractivity (Wildman–Crippen MR) is 71.2 cm³/mol. The molecular formula is C13H24O7. The smallest absolute Gasteiger partial charge is 0.333 e. The molecule has 0 fully saturated rings. The van der Waals surface area contributed by atoms with Crippen molar-refractivity contribution in [2.45, 2.75) is 13.8 Å². The summed E-state index contributed by atoms with van der Waals surface area (Å²) in [6.45, 7) is 7.86. The zero-order chi connectivity index (χ0) is 15.4. The highest BCUT2D eigenvalue weighted by molar-refractivity contribution is 5.86. The summed E-state index contributed by atoms with van der Waals surface area (Å²) in [5, 5.41) is 17.2. The second-order valence-corrected chi connectivity index (χ2v) is 4.83. The maximum absolute atomic E-state index is 11.1. The summed E-state index contributed by atoms with van der Waals surface area (Å²) in [6, 6.07) is 0. The number of hydrogen-bond acceptors (Lipinski definition) is 7. The first-order valence-electron chi connectivity index (χ1n) is 6.30. The summed E-state index contributed by atoms with van der Waals surface area (Å²) in [5.74, 6) is -0.457. The van der Waals surface area contributed by atoms with Crippen LogP contribution in [0, 0.1) is 5.41 Å². The van der Waals surface area contributed by atoms with Gasteiger partial charge in [-0.1, -0.05) is 13.5 Å². The highest BCUT2D eigenvalue weighted by atomic mass is 17.1. The molecule has 0 radical (unpaired) electrons. The van der Waals surface area contributed by atoms with E-state index in [4.69, 9.17) is 24.6 Å². The summed E-state index contributed by atoms with van der Waals surface area (Å²) >= 11 is 0. The molecule has 0 heterocycles. The maximum atomic E-state index is 11.1. The minimum atomic E-state index is -0.553. The molecule has 0 saturated heterocycles. The lowest BCUT2D eigenvalue weighted by molar-refractivity contribution is -0.269. The fourth-order valence-electron chi connectivity index (χ4n) is 1.30. The molecule has 0 aromatic rings. The van der Waals surface area contributed by atoms with Crippen molar-refractivity contribution in [1.29, 1.82) is 0 Å². The summed E-state index contributed by atoms with van der Waals surface area (Å²) in [4.78, 5) is 15.3. The molecule has 118 valence electrons. The van der Waals surface area contributed by atoms with Gasteiger partial charge in [0.1, 0.15) is 6.61 Å². The van der Waals surface area contributed by atoms with Crippen LogP contribution in [-0.4, -0.2) is 62.6 Å². The van der Waals surface area contributed by atoms with E-state index < -0.39 is 11.4 Å². The molecule has 20 heavy (non-hydrogen) atoms. The molecule has 0 aliphatic heterocycles. The van der Waals surface area contributed by atoms with Gasteiger partial charge >= 0.3 is 5.97 Å². The van der Waals surface area contributed by atoms with Crippen molar-refractivity contribution in [2.24, 2.45) is 5.41 Å². The van der Waals surface area contributed by atoms with Gasteiger partial charge in [0.25, 0.3) is 0 Å². The zero-order valence-electron chi connectivity index (χ0n) is 12.1. The number of esters is 1. The molecule has 2 N–H and O–H groups in total. The highest BCUT2D eigenvalue weighted by Gasteiger charge is 2.26. The highest BCUT2D eigenvalue weighted by Crippen LogP contribution is 2.17. The van der Waals surface area contributed by atoms with E-state index >= 15 is 0 Å². The Labute approximate surface area is 119 Å². The monoisotopic (exact) mass is 292 g/mol. The van der Waals surface area contributed by atoms with Crippen molar-refractivity contribution in [3.05, 3.63) is 12.2 Å². The number of aliphatic hydroxyl groups is 1. The second-order valence-electron chi connectivity index (χ2n) is 4.83. The summed E-state index contributed by atoms with van der Waals surface area (Å²) < 4.78 is 15.4. The minimum Gasteiger partial charge on any atom is -0.460 e. The van der Waals surface area contributed by atoms with Crippen LogP contribution in [0.25, 0.3) is 0 Å². The lowest BCUT2D eigenvalue weighted by Crippen LogP contribution is -2.34. The Kier molecular flexibility index (Phi) is 10.2. The van der Waals surface area contributed by atoms with Crippen molar-refractivity contribution >= 4 is 5.97 Å². The van der Waals surface area contributed by atoms with Gasteiger partial charge in [-0.3, -0.25) is 5.26 Å². The van der Waals surface area contributed by atoms with Gasteiger partial charge in [-0.15, -0.1) is 0 Å². The third-order valence-corrected chi connectivity index (χ3v) is 2.36. The van der Waals surface area contributed by atoms with E-state index in [2.05, 4.69) is 11.5 Å². The number of carbonyl (C=O) groups is 1. The van der Waals surface area contributed by atoms with E-state index in [1.807, 2.05) is 0 Å². The van der Waals surface area contributed by atoms with Gasteiger partial charge in [-0.05, 0) is 6.92 Å². The molecule has 1 unspecified atom stereocenters. The number of carbonyl (C=O) groups excluding carboxylic acids is 1. The molecule has 0 spiro atoms.